The van der Waals surface area contributed by atoms with Crippen molar-refractivity contribution >= 4 is 28.2 Å². The van der Waals surface area contributed by atoms with Crippen LogP contribution in [0, 0.1) is 0 Å². The summed E-state index contributed by atoms with van der Waals surface area (Å²) in [7, 11) is 1.56. The van der Waals surface area contributed by atoms with Gasteiger partial charge in [-0.3, -0.25) is 14.3 Å². The summed E-state index contributed by atoms with van der Waals surface area (Å²) in [4.78, 5) is 41.2. The Labute approximate surface area is 217 Å². The van der Waals surface area contributed by atoms with Crippen molar-refractivity contribution in [2.45, 2.75) is 56.5 Å². The molecule has 1 unspecified atom stereocenters. The maximum absolute atomic E-state index is 13.6. The molecule has 5 rings (SSSR count). The maximum atomic E-state index is 13.6. The van der Waals surface area contributed by atoms with Gasteiger partial charge in [0, 0.05) is 12.0 Å². The lowest BCUT2D eigenvalue weighted by Gasteiger charge is -2.18. The Morgan fingerprint density at radius 3 is 2.65 bits per heavy atom. The van der Waals surface area contributed by atoms with Crippen LogP contribution in [0.2, 0.25) is 0 Å². The van der Waals surface area contributed by atoms with Crippen LogP contribution < -0.4 is 15.6 Å². The molecular weight excluding hydrogens is 492 g/mol. The molecule has 1 N–H and O–H groups in total. The molecule has 0 aromatic carbocycles. The molecule has 4 aromatic rings. The molecule has 0 aliphatic heterocycles. The normalized spacial score (nSPS) is 14.9. The minimum atomic E-state index is -1.10. The molecule has 192 valence electrons. The summed E-state index contributed by atoms with van der Waals surface area (Å²) < 4.78 is 18.8. The molecule has 1 saturated carbocycles. The monoisotopic (exact) mass is 520 g/mol. The van der Waals surface area contributed by atoms with E-state index in [4.69, 9.17) is 9.72 Å². The number of ether oxygens (including phenoxy) is 1. The fourth-order valence-electron chi connectivity index (χ4n) is 4.10. The predicted molar refractivity (Wildman–Crippen MR) is 140 cm³/mol. The Morgan fingerprint density at radius 2 is 2.00 bits per heavy atom. The van der Waals surface area contributed by atoms with Crippen molar-refractivity contribution in [2.24, 2.45) is 0 Å². The fraction of sp³-hybridized carbons (Fsp3) is 0.400. The van der Waals surface area contributed by atoms with Gasteiger partial charge < -0.3 is 14.6 Å². The van der Waals surface area contributed by atoms with Gasteiger partial charge in [0.15, 0.2) is 22.2 Å². The van der Waals surface area contributed by atoms with Crippen molar-refractivity contribution in [1.29, 1.82) is 0 Å². The van der Waals surface area contributed by atoms with Gasteiger partial charge in [-0.05, 0) is 49.5 Å². The van der Waals surface area contributed by atoms with Crippen molar-refractivity contribution in [3.8, 4) is 17.3 Å². The minimum absolute atomic E-state index is 0.130. The molecular formula is C25H28N8O3S. The Morgan fingerprint density at radius 1 is 1.19 bits per heavy atom. The number of pyridine rings is 1. The van der Waals surface area contributed by atoms with E-state index in [1.807, 2.05) is 13.8 Å². The molecule has 0 spiro atoms. The molecule has 0 saturated heterocycles. The number of aromatic nitrogens is 7. The topological polar surface area (TPSA) is 144 Å². The standard InChI is InChI=1S/C25H28N8O3S/c1-5-14(2)33-23-18(31-22(25(33)34)27-10-16-8-9-17(11-26-16)37(4)35)12-28-21(32-23)19-20(15-6-7-15)29-13-30-24(19)36-3/h8-9,11-15H,5-7,10H2,1-4H3,(H,27,31)/t14-,37?/m0/s1. The van der Waals surface area contributed by atoms with Crippen LogP contribution in [0.4, 0.5) is 5.82 Å². The maximum Gasteiger partial charge on any atom is 0.295 e. The number of methoxy groups -OCH3 is 1. The number of fused-ring (bicyclic) bond motifs is 1. The lowest BCUT2D eigenvalue weighted by Crippen LogP contribution is -2.28. The first-order valence-electron chi connectivity index (χ1n) is 12.1. The number of rotatable bonds is 9. The first-order chi connectivity index (χ1) is 17.9. The van der Waals surface area contributed by atoms with Gasteiger partial charge in [0.05, 0.1) is 37.4 Å². The Balaban J connectivity index is 1.56. The summed E-state index contributed by atoms with van der Waals surface area (Å²) in [6, 6.07) is 3.41. The van der Waals surface area contributed by atoms with Crippen molar-refractivity contribution < 1.29 is 9.29 Å². The summed E-state index contributed by atoms with van der Waals surface area (Å²) in [5, 5.41) is 3.11. The van der Waals surface area contributed by atoms with Crippen LogP contribution in [0.1, 0.15) is 56.5 Å². The average Bonchev–Trinajstić information content (AvgIpc) is 3.76. The van der Waals surface area contributed by atoms with E-state index in [0.29, 0.717) is 44.9 Å². The minimum Gasteiger partial charge on any atom is -0.612 e. The number of hydrogen-bond donors (Lipinski definition) is 1. The highest BCUT2D eigenvalue weighted by Crippen LogP contribution is 2.44. The summed E-state index contributed by atoms with van der Waals surface area (Å²) in [6.07, 6.45) is 9.10. The molecule has 0 bridgehead atoms. The van der Waals surface area contributed by atoms with E-state index in [2.05, 4.69) is 30.2 Å². The van der Waals surface area contributed by atoms with Crippen LogP contribution in [0.3, 0.4) is 0 Å². The lowest BCUT2D eigenvalue weighted by atomic mass is 10.1. The second-order valence-electron chi connectivity index (χ2n) is 9.01. The number of hydrogen-bond acceptors (Lipinski definition) is 10. The molecule has 0 radical (unpaired) electrons. The SMILES string of the molecule is CC[C@H](C)n1c(=O)c(NCc2ccc([S+](C)[O-])cn2)nc2cnc(-c3c(OC)ncnc3C3CC3)nc21. The van der Waals surface area contributed by atoms with Crippen LogP contribution >= 0.6 is 0 Å². The van der Waals surface area contributed by atoms with Crippen LogP contribution in [0.15, 0.2) is 40.5 Å². The molecule has 1 fully saturated rings. The van der Waals surface area contributed by atoms with Crippen LogP contribution in [0.25, 0.3) is 22.6 Å². The predicted octanol–water partition coefficient (Wildman–Crippen LogP) is 3.25. The van der Waals surface area contributed by atoms with Crippen LogP contribution in [0.5, 0.6) is 5.88 Å². The third kappa shape index (κ3) is 4.98. The number of nitrogens with one attached hydrogen (secondary N) is 1. The third-order valence-electron chi connectivity index (χ3n) is 6.45. The molecule has 11 nitrogen and oxygen atoms in total. The van der Waals surface area contributed by atoms with Crippen LogP contribution in [-0.4, -0.2) is 52.4 Å². The second-order valence-corrected chi connectivity index (χ2v) is 10.4. The molecule has 0 amide bonds. The summed E-state index contributed by atoms with van der Waals surface area (Å²) in [6.45, 7) is 4.27. The second kappa shape index (κ2) is 10.4. The van der Waals surface area contributed by atoms with Gasteiger partial charge >= 0.3 is 0 Å². The molecule has 2 atom stereocenters. The molecule has 4 aromatic heterocycles. The van der Waals surface area contributed by atoms with Gasteiger partial charge in [0.1, 0.15) is 23.7 Å². The Bertz CT molecular complexity index is 1490. The van der Waals surface area contributed by atoms with E-state index >= 15 is 0 Å². The smallest absolute Gasteiger partial charge is 0.295 e. The molecule has 12 heteroatoms. The zero-order chi connectivity index (χ0) is 26.1. The third-order valence-corrected chi connectivity index (χ3v) is 7.36. The van der Waals surface area contributed by atoms with Crippen molar-refractivity contribution in [1.82, 2.24) is 34.5 Å². The zero-order valence-corrected chi connectivity index (χ0v) is 21.9. The van der Waals surface area contributed by atoms with E-state index in [9.17, 15) is 9.35 Å². The highest BCUT2D eigenvalue weighted by Gasteiger charge is 2.31. The first-order valence-corrected chi connectivity index (χ1v) is 13.7. The number of nitrogens with zero attached hydrogens (tertiary/aromatic N) is 7. The van der Waals surface area contributed by atoms with Gasteiger partial charge in [-0.25, -0.2) is 24.9 Å². The average molecular weight is 521 g/mol. The summed E-state index contributed by atoms with van der Waals surface area (Å²) >= 11 is -1.10. The highest BCUT2D eigenvalue weighted by atomic mass is 32.2. The first kappa shape index (κ1) is 25.0. The molecule has 4 heterocycles. The summed E-state index contributed by atoms with van der Waals surface area (Å²) in [5.41, 5.74) is 2.86. The molecule has 37 heavy (non-hydrogen) atoms. The van der Waals surface area contributed by atoms with E-state index < -0.39 is 11.2 Å². The largest absolute Gasteiger partial charge is 0.612 e. The van der Waals surface area contributed by atoms with Crippen molar-refractivity contribution in [2.75, 3.05) is 18.7 Å². The molecule has 1 aliphatic carbocycles. The van der Waals surface area contributed by atoms with Gasteiger partial charge in [-0.1, -0.05) is 6.92 Å². The van der Waals surface area contributed by atoms with Gasteiger partial charge in [0.25, 0.3) is 5.56 Å². The highest BCUT2D eigenvalue weighted by molar-refractivity contribution is 7.90. The van der Waals surface area contributed by atoms with E-state index in [1.54, 1.807) is 42.5 Å². The van der Waals surface area contributed by atoms with Gasteiger partial charge in [-0.15, -0.1) is 0 Å². The van der Waals surface area contributed by atoms with E-state index in [-0.39, 0.29) is 24.0 Å². The molecule has 1 aliphatic rings. The Kier molecular flexibility index (Phi) is 7.02. The van der Waals surface area contributed by atoms with Crippen LogP contribution in [-0.2, 0) is 17.7 Å². The fourth-order valence-corrected chi connectivity index (χ4v) is 4.56. The zero-order valence-electron chi connectivity index (χ0n) is 21.1. The summed E-state index contributed by atoms with van der Waals surface area (Å²) in [5.74, 6) is 1.33. The van der Waals surface area contributed by atoms with E-state index in [0.717, 1.165) is 25.0 Å². The van der Waals surface area contributed by atoms with Gasteiger partial charge in [0.2, 0.25) is 5.88 Å². The van der Waals surface area contributed by atoms with Gasteiger partial charge in [-0.2, -0.15) is 0 Å². The van der Waals surface area contributed by atoms with Crippen molar-refractivity contribution in [3.05, 3.63) is 52.6 Å². The quantitative estimate of drug-likeness (QED) is 0.327. The van der Waals surface area contributed by atoms with Crippen molar-refractivity contribution in [3.63, 3.8) is 0 Å². The van der Waals surface area contributed by atoms with E-state index in [1.165, 1.54) is 6.33 Å². The Hall–Kier alpha value is -3.64. The number of anilines is 1. The lowest BCUT2D eigenvalue weighted by molar-refractivity contribution is 0.397.